The SMILES string of the molecule is COC(=O)[C@@H]1CC[C@@H]2CCC[C@H]3C[C@@H](C)C[C@H]1N23. The lowest BCUT2D eigenvalue weighted by atomic mass is 9.71. The molecule has 5 atom stereocenters. The van der Waals surface area contributed by atoms with Gasteiger partial charge in [0.15, 0.2) is 0 Å². The number of hydrogen-bond acceptors (Lipinski definition) is 3. The maximum absolute atomic E-state index is 12.0. The molecule has 3 heteroatoms. The minimum absolute atomic E-state index is 0.0249. The molecule has 0 aromatic rings. The average molecular weight is 251 g/mol. The molecule has 0 aliphatic carbocycles. The van der Waals surface area contributed by atoms with Gasteiger partial charge < -0.3 is 4.74 Å². The number of carbonyl (C=O) groups is 1. The van der Waals surface area contributed by atoms with Crippen LogP contribution in [0.1, 0.15) is 51.9 Å². The van der Waals surface area contributed by atoms with Gasteiger partial charge >= 0.3 is 5.97 Å². The normalized spacial score (nSPS) is 44.2. The van der Waals surface area contributed by atoms with E-state index in [9.17, 15) is 4.79 Å². The van der Waals surface area contributed by atoms with Gasteiger partial charge in [-0.2, -0.15) is 0 Å². The highest BCUT2D eigenvalue weighted by Gasteiger charge is 2.48. The second-order valence-electron chi connectivity index (χ2n) is 6.54. The molecule has 18 heavy (non-hydrogen) atoms. The van der Waals surface area contributed by atoms with Crippen LogP contribution in [0.3, 0.4) is 0 Å². The summed E-state index contributed by atoms with van der Waals surface area (Å²) in [5, 5.41) is 0. The van der Waals surface area contributed by atoms with Crippen molar-refractivity contribution in [3.05, 3.63) is 0 Å². The van der Waals surface area contributed by atoms with Crippen LogP contribution in [0.25, 0.3) is 0 Å². The number of nitrogens with zero attached hydrogens (tertiary/aromatic N) is 1. The number of ether oxygens (including phenoxy) is 1. The molecule has 0 aromatic heterocycles. The quantitative estimate of drug-likeness (QED) is 0.671. The second-order valence-corrected chi connectivity index (χ2v) is 6.54. The summed E-state index contributed by atoms with van der Waals surface area (Å²) in [7, 11) is 1.54. The van der Waals surface area contributed by atoms with Gasteiger partial charge in [-0.25, -0.2) is 0 Å². The Balaban J connectivity index is 1.85. The molecule has 3 fully saturated rings. The smallest absolute Gasteiger partial charge is 0.310 e. The van der Waals surface area contributed by atoms with Gasteiger partial charge in [0.05, 0.1) is 13.0 Å². The molecule has 3 saturated heterocycles. The van der Waals surface area contributed by atoms with Gasteiger partial charge in [-0.15, -0.1) is 0 Å². The van der Waals surface area contributed by atoms with Crippen LogP contribution in [0.15, 0.2) is 0 Å². The molecule has 0 spiro atoms. The van der Waals surface area contributed by atoms with Crippen LogP contribution in [0.5, 0.6) is 0 Å². The molecule has 3 heterocycles. The molecule has 3 rings (SSSR count). The van der Waals surface area contributed by atoms with Gasteiger partial charge in [0.2, 0.25) is 0 Å². The molecular formula is C15H25NO2. The van der Waals surface area contributed by atoms with Crippen molar-refractivity contribution in [2.45, 2.75) is 70.0 Å². The van der Waals surface area contributed by atoms with Crippen molar-refractivity contribution >= 4 is 5.97 Å². The summed E-state index contributed by atoms with van der Waals surface area (Å²) in [4.78, 5) is 14.7. The van der Waals surface area contributed by atoms with Crippen molar-refractivity contribution in [3.63, 3.8) is 0 Å². The Kier molecular flexibility index (Phi) is 3.35. The first kappa shape index (κ1) is 12.5. The van der Waals surface area contributed by atoms with Crippen molar-refractivity contribution < 1.29 is 9.53 Å². The molecule has 3 aliphatic heterocycles. The third-order valence-corrected chi connectivity index (χ3v) is 5.40. The Morgan fingerprint density at radius 2 is 1.89 bits per heavy atom. The molecule has 102 valence electrons. The lowest BCUT2D eigenvalue weighted by molar-refractivity contribution is -0.156. The Bertz CT molecular complexity index is 330. The summed E-state index contributed by atoms with van der Waals surface area (Å²) >= 11 is 0. The van der Waals surface area contributed by atoms with Crippen LogP contribution in [-0.2, 0) is 9.53 Å². The van der Waals surface area contributed by atoms with Gasteiger partial charge in [0.25, 0.3) is 0 Å². The van der Waals surface area contributed by atoms with E-state index in [0.29, 0.717) is 6.04 Å². The number of carbonyl (C=O) groups excluding carboxylic acids is 1. The van der Waals surface area contributed by atoms with Gasteiger partial charge in [-0.1, -0.05) is 13.3 Å². The molecule has 0 N–H and O–H groups in total. The zero-order valence-electron chi connectivity index (χ0n) is 11.6. The molecule has 0 aromatic carbocycles. The maximum atomic E-state index is 12.0. The monoisotopic (exact) mass is 251 g/mol. The molecule has 3 nitrogen and oxygen atoms in total. The summed E-state index contributed by atoms with van der Waals surface area (Å²) in [6, 6.07) is 1.96. The fourth-order valence-electron chi connectivity index (χ4n) is 4.72. The maximum Gasteiger partial charge on any atom is 0.310 e. The van der Waals surface area contributed by atoms with E-state index in [2.05, 4.69) is 11.8 Å². The van der Waals surface area contributed by atoms with Gasteiger partial charge in [0, 0.05) is 18.1 Å². The predicted molar refractivity (Wildman–Crippen MR) is 70.2 cm³/mol. The second kappa shape index (κ2) is 4.84. The average Bonchev–Trinajstić information content (AvgIpc) is 2.38. The van der Waals surface area contributed by atoms with Gasteiger partial charge in [0.1, 0.15) is 0 Å². The van der Waals surface area contributed by atoms with Crippen LogP contribution in [0.4, 0.5) is 0 Å². The highest BCUT2D eigenvalue weighted by Crippen LogP contribution is 2.44. The fraction of sp³-hybridized carbons (Fsp3) is 0.933. The van der Waals surface area contributed by atoms with Crippen LogP contribution in [0.2, 0.25) is 0 Å². The molecule has 3 aliphatic rings. The Morgan fingerprint density at radius 3 is 2.67 bits per heavy atom. The van der Waals surface area contributed by atoms with E-state index < -0.39 is 0 Å². The van der Waals surface area contributed by atoms with Crippen LogP contribution in [0, 0.1) is 11.8 Å². The Morgan fingerprint density at radius 1 is 1.11 bits per heavy atom. The van der Waals surface area contributed by atoms with Crippen LogP contribution >= 0.6 is 0 Å². The predicted octanol–water partition coefficient (Wildman–Crippen LogP) is 2.59. The summed E-state index contributed by atoms with van der Waals surface area (Å²) in [6.07, 6.45) is 8.82. The first-order valence-corrected chi connectivity index (χ1v) is 7.56. The number of methoxy groups -OCH3 is 1. The summed E-state index contributed by atoms with van der Waals surface area (Å²) in [5.74, 6) is 0.923. The lowest BCUT2D eigenvalue weighted by Gasteiger charge is -2.56. The standard InChI is InChI=1S/C15H25NO2/c1-10-8-12-5-3-4-11-6-7-13(15(17)18-2)14(9-10)16(11)12/h10-14H,3-9H2,1-2H3/t10-,11+,12+,13-,14-/m1/s1. The molecular weight excluding hydrogens is 226 g/mol. The molecule has 0 amide bonds. The van der Waals surface area contributed by atoms with E-state index in [4.69, 9.17) is 4.74 Å². The Labute approximate surface area is 110 Å². The Hall–Kier alpha value is -0.570. The summed E-state index contributed by atoms with van der Waals surface area (Å²) in [6.45, 7) is 2.35. The van der Waals surface area contributed by atoms with Crippen molar-refractivity contribution in [2.24, 2.45) is 11.8 Å². The van der Waals surface area contributed by atoms with E-state index >= 15 is 0 Å². The molecule has 0 radical (unpaired) electrons. The van der Waals surface area contributed by atoms with Crippen molar-refractivity contribution in [1.82, 2.24) is 4.90 Å². The summed E-state index contributed by atoms with van der Waals surface area (Å²) in [5.41, 5.74) is 0. The number of rotatable bonds is 1. The largest absolute Gasteiger partial charge is 0.469 e. The molecule has 0 unspecified atom stereocenters. The topological polar surface area (TPSA) is 29.5 Å². The van der Waals surface area contributed by atoms with E-state index in [-0.39, 0.29) is 11.9 Å². The molecule has 0 bridgehead atoms. The van der Waals surface area contributed by atoms with Gasteiger partial charge in [-0.05, 0) is 44.4 Å². The fourth-order valence-corrected chi connectivity index (χ4v) is 4.72. The highest BCUT2D eigenvalue weighted by atomic mass is 16.5. The van der Waals surface area contributed by atoms with Crippen LogP contribution < -0.4 is 0 Å². The zero-order valence-corrected chi connectivity index (χ0v) is 11.6. The minimum Gasteiger partial charge on any atom is -0.469 e. The van der Waals surface area contributed by atoms with Crippen molar-refractivity contribution in [2.75, 3.05) is 7.11 Å². The first-order valence-electron chi connectivity index (χ1n) is 7.56. The zero-order chi connectivity index (χ0) is 12.7. The van der Waals surface area contributed by atoms with Gasteiger partial charge in [-0.3, -0.25) is 9.69 Å². The number of hydrogen-bond donors (Lipinski definition) is 0. The number of esters is 1. The minimum atomic E-state index is 0.0249. The third-order valence-electron chi connectivity index (χ3n) is 5.40. The van der Waals surface area contributed by atoms with Crippen LogP contribution in [-0.4, -0.2) is 36.1 Å². The van der Waals surface area contributed by atoms with E-state index in [0.717, 1.165) is 24.4 Å². The van der Waals surface area contributed by atoms with E-state index in [1.54, 1.807) is 0 Å². The third kappa shape index (κ3) is 1.97. The number of piperidine rings is 3. The van der Waals surface area contributed by atoms with E-state index in [1.807, 2.05) is 0 Å². The van der Waals surface area contributed by atoms with Crippen molar-refractivity contribution in [3.8, 4) is 0 Å². The lowest BCUT2D eigenvalue weighted by Crippen LogP contribution is -2.62. The molecule has 0 saturated carbocycles. The summed E-state index contributed by atoms with van der Waals surface area (Å²) < 4.78 is 5.03. The highest BCUT2D eigenvalue weighted by molar-refractivity contribution is 5.73. The van der Waals surface area contributed by atoms with Crippen molar-refractivity contribution in [1.29, 1.82) is 0 Å². The first-order chi connectivity index (χ1) is 8.70. The van der Waals surface area contributed by atoms with E-state index in [1.165, 1.54) is 45.6 Å².